The molecule has 6 heteroatoms. The van der Waals surface area contributed by atoms with Gasteiger partial charge in [-0.15, -0.1) is 0 Å². The fourth-order valence-electron chi connectivity index (χ4n) is 3.57. The van der Waals surface area contributed by atoms with Crippen LogP contribution in [0.1, 0.15) is 42.9 Å². The summed E-state index contributed by atoms with van der Waals surface area (Å²) >= 11 is 0. The van der Waals surface area contributed by atoms with E-state index in [2.05, 4.69) is 10.3 Å². The van der Waals surface area contributed by atoms with E-state index < -0.39 is 12.1 Å². The van der Waals surface area contributed by atoms with Crippen molar-refractivity contribution < 1.29 is 19.1 Å². The molecule has 28 heavy (non-hydrogen) atoms. The molecule has 1 N–H and O–H groups in total. The van der Waals surface area contributed by atoms with Gasteiger partial charge in [0.1, 0.15) is 12.4 Å². The second kappa shape index (κ2) is 8.25. The van der Waals surface area contributed by atoms with Crippen LogP contribution in [-0.2, 0) is 14.3 Å². The van der Waals surface area contributed by atoms with Gasteiger partial charge < -0.3 is 14.8 Å². The summed E-state index contributed by atoms with van der Waals surface area (Å²) in [6.45, 7) is 0.114. The molecule has 1 aliphatic heterocycles. The Morgan fingerprint density at radius 3 is 2.64 bits per heavy atom. The van der Waals surface area contributed by atoms with Gasteiger partial charge in [-0.1, -0.05) is 31.0 Å². The van der Waals surface area contributed by atoms with Crippen molar-refractivity contribution >= 4 is 18.0 Å². The number of hydrogen-bond acceptors (Lipinski definition) is 5. The average molecular weight is 378 g/mol. The van der Waals surface area contributed by atoms with Crippen LogP contribution in [0.15, 0.2) is 54.4 Å². The number of aromatic nitrogens is 1. The van der Waals surface area contributed by atoms with Crippen LogP contribution < -0.4 is 10.1 Å². The largest absolute Gasteiger partial charge is 0.488 e. The first-order valence-corrected chi connectivity index (χ1v) is 9.54. The average Bonchev–Trinajstić information content (AvgIpc) is 3.25. The number of carbonyl (C=O) groups excluding carboxylic acids is 2. The van der Waals surface area contributed by atoms with E-state index in [1.807, 2.05) is 24.3 Å². The van der Waals surface area contributed by atoms with Crippen LogP contribution in [0.5, 0.6) is 5.75 Å². The van der Waals surface area contributed by atoms with Crippen molar-refractivity contribution in [2.75, 3.05) is 6.61 Å². The van der Waals surface area contributed by atoms with Gasteiger partial charge in [-0.05, 0) is 37.1 Å². The van der Waals surface area contributed by atoms with Gasteiger partial charge in [-0.3, -0.25) is 9.78 Å². The first kappa shape index (κ1) is 18.2. The van der Waals surface area contributed by atoms with Crippen LogP contribution in [0.25, 0.3) is 6.08 Å². The number of esters is 1. The minimum atomic E-state index is -1.02. The molecule has 4 rings (SSSR count). The number of ether oxygens (including phenoxy) is 2. The molecule has 1 fully saturated rings. The third-order valence-corrected chi connectivity index (χ3v) is 5.07. The third-order valence-electron chi connectivity index (χ3n) is 5.07. The summed E-state index contributed by atoms with van der Waals surface area (Å²) in [5, 5.41) is 3.01. The van der Waals surface area contributed by atoms with Crippen molar-refractivity contribution in [3.63, 3.8) is 0 Å². The summed E-state index contributed by atoms with van der Waals surface area (Å²) in [6.07, 6.45) is 8.02. The van der Waals surface area contributed by atoms with Crippen molar-refractivity contribution in [1.82, 2.24) is 10.3 Å². The van der Waals surface area contributed by atoms with E-state index in [1.165, 1.54) is 0 Å². The predicted octanol–water partition coefficient (Wildman–Crippen LogP) is 3.20. The van der Waals surface area contributed by atoms with Crippen molar-refractivity contribution in [2.24, 2.45) is 0 Å². The van der Waals surface area contributed by atoms with Crippen LogP contribution in [0, 0.1) is 0 Å². The van der Waals surface area contributed by atoms with Crippen LogP contribution in [0.4, 0.5) is 0 Å². The maximum atomic E-state index is 12.9. The molecular formula is C22H22N2O4. The lowest BCUT2D eigenvalue weighted by Crippen LogP contribution is -2.38. The molecule has 6 nitrogen and oxygen atoms in total. The number of fused-ring (bicyclic) bond motifs is 1. The Balaban J connectivity index is 1.53. The number of nitrogens with zero attached hydrogens (tertiary/aromatic N) is 1. The SMILES string of the molecule is O=C(O[C@H](C(=O)NC1CCCC1)c1ccncc1)C1=Cc2ccccc2OC1. The van der Waals surface area contributed by atoms with Crippen LogP contribution >= 0.6 is 0 Å². The van der Waals surface area contributed by atoms with Gasteiger partial charge in [0.15, 0.2) is 0 Å². The minimum absolute atomic E-state index is 0.114. The molecule has 1 atom stereocenters. The first-order chi connectivity index (χ1) is 13.7. The Bertz CT molecular complexity index is 888. The van der Waals surface area contributed by atoms with Crippen LogP contribution in [0.3, 0.4) is 0 Å². The number of para-hydroxylation sites is 1. The Hall–Kier alpha value is -3.15. The maximum absolute atomic E-state index is 12.9. The zero-order valence-corrected chi connectivity index (χ0v) is 15.5. The molecule has 1 aromatic carbocycles. The predicted molar refractivity (Wildman–Crippen MR) is 103 cm³/mol. The van der Waals surface area contributed by atoms with E-state index in [9.17, 15) is 9.59 Å². The summed E-state index contributed by atoms with van der Waals surface area (Å²) in [6, 6.07) is 11.0. The monoisotopic (exact) mass is 378 g/mol. The number of pyridine rings is 1. The molecule has 0 unspecified atom stereocenters. The van der Waals surface area contributed by atoms with Gasteiger partial charge >= 0.3 is 5.97 Å². The van der Waals surface area contributed by atoms with E-state index in [4.69, 9.17) is 9.47 Å². The molecule has 0 radical (unpaired) electrons. The summed E-state index contributed by atoms with van der Waals surface area (Å²) in [5.74, 6) is -0.134. The number of hydrogen-bond donors (Lipinski definition) is 1. The topological polar surface area (TPSA) is 77.5 Å². The summed E-state index contributed by atoms with van der Waals surface area (Å²) < 4.78 is 11.3. The first-order valence-electron chi connectivity index (χ1n) is 9.54. The Morgan fingerprint density at radius 2 is 1.86 bits per heavy atom. The number of carbonyl (C=O) groups is 2. The Kier molecular flexibility index (Phi) is 5.37. The van der Waals surface area contributed by atoms with Gasteiger partial charge in [-0.2, -0.15) is 0 Å². The highest BCUT2D eigenvalue weighted by atomic mass is 16.6. The highest BCUT2D eigenvalue weighted by Crippen LogP contribution is 2.28. The van der Waals surface area contributed by atoms with Gasteiger partial charge in [-0.25, -0.2) is 4.79 Å². The highest BCUT2D eigenvalue weighted by Gasteiger charge is 2.30. The standard InChI is InChI=1S/C22H22N2O4/c25-21(24-18-6-2-3-7-18)20(15-9-11-23-12-10-15)28-22(26)17-13-16-5-1-4-8-19(16)27-14-17/h1,4-5,8-13,18,20H,2-3,6-7,14H2,(H,24,25)/t20-/m0/s1. The van der Waals surface area contributed by atoms with Crippen molar-refractivity contribution in [1.29, 1.82) is 0 Å². The fraction of sp³-hybridized carbons (Fsp3) is 0.318. The third kappa shape index (κ3) is 4.06. The molecule has 0 saturated heterocycles. The lowest BCUT2D eigenvalue weighted by Gasteiger charge is -2.22. The molecule has 2 aromatic rings. The lowest BCUT2D eigenvalue weighted by molar-refractivity contribution is -0.153. The molecule has 2 aliphatic rings. The Morgan fingerprint density at radius 1 is 1.11 bits per heavy atom. The van der Waals surface area contributed by atoms with Crippen molar-refractivity contribution in [3.05, 3.63) is 65.5 Å². The zero-order chi connectivity index (χ0) is 19.3. The quantitative estimate of drug-likeness (QED) is 0.809. The molecule has 1 aliphatic carbocycles. The van der Waals surface area contributed by atoms with E-state index >= 15 is 0 Å². The minimum Gasteiger partial charge on any atom is -0.488 e. The zero-order valence-electron chi connectivity index (χ0n) is 15.5. The highest BCUT2D eigenvalue weighted by molar-refractivity contribution is 5.97. The van der Waals surface area contributed by atoms with E-state index in [0.717, 1.165) is 37.0 Å². The Labute approximate surface area is 163 Å². The molecule has 1 aromatic heterocycles. The molecule has 2 heterocycles. The summed E-state index contributed by atoms with van der Waals surface area (Å²) in [7, 11) is 0. The summed E-state index contributed by atoms with van der Waals surface area (Å²) in [5.41, 5.74) is 1.79. The molecule has 1 saturated carbocycles. The van der Waals surface area contributed by atoms with Crippen LogP contribution in [-0.4, -0.2) is 29.5 Å². The molecule has 1 amide bonds. The fourth-order valence-corrected chi connectivity index (χ4v) is 3.57. The van der Waals surface area contributed by atoms with Crippen molar-refractivity contribution in [2.45, 2.75) is 37.8 Å². The van der Waals surface area contributed by atoms with E-state index in [-0.39, 0.29) is 18.6 Å². The van der Waals surface area contributed by atoms with Crippen molar-refractivity contribution in [3.8, 4) is 5.75 Å². The normalized spacial score (nSPS) is 17.1. The number of amides is 1. The number of nitrogens with one attached hydrogen (secondary N) is 1. The summed E-state index contributed by atoms with van der Waals surface area (Å²) in [4.78, 5) is 29.6. The molecular weight excluding hydrogens is 356 g/mol. The molecule has 0 bridgehead atoms. The number of benzene rings is 1. The van der Waals surface area contributed by atoms with Gasteiger partial charge in [0.25, 0.3) is 5.91 Å². The van der Waals surface area contributed by atoms with Gasteiger partial charge in [0, 0.05) is 29.6 Å². The van der Waals surface area contributed by atoms with E-state index in [0.29, 0.717) is 11.1 Å². The molecule has 0 spiro atoms. The van der Waals surface area contributed by atoms with Crippen LogP contribution in [0.2, 0.25) is 0 Å². The second-order valence-electron chi connectivity index (χ2n) is 7.05. The second-order valence-corrected chi connectivity index (χ2v) is 7.05. The maximum Gasteiger partial charge on any atom is 0.338 e. The van der Waals surface area contributed by atoms with Gasteiger partial charge in [0.2, 0.25) is 6.10 Å². The van der Waals surface area contributed by atoms with Gasteiger partial charge in [0.05, 0.1) is 5.57 Å². The lowest BCUT2D eigenvalue weighted by atomic mass is 10.1. The molecule has 144 valence electrons. The van der Waals surface area contributed by atoms with E-state index in [1.54, 1.807) is 30.6 Å². The number of rotatable bonds is 5. The smallest absolute Gasteiger partial charge is 0.338 e.